The Morgan fingerprint density at radius 2 is 1.22 bits per heavy atom. The van der Waals surface area contributed by atoms with Crippen LogP contribution < -0.4 is 27.0 Å². The number of ether oxygens (including phenoxy) is 4. The number of hydrogen-bond donors (Lipinski definition) is 6. The summed E-state index contributed by atoms with van der Waals surface area (Å²) in [6.45, 7) is 6.69. The van der Waals surface area contributed by atoms with Crippen LogP contribution in [0.4, 0.5) is 0 Å². The van der Waals surface area contributed by atoms with Gasteiger partial charge in [-0.25, -0.2) is 0 Å². The summed E-state index contributed by atoms with van der Waals surface area (Å²) >= 11 is 0. The quantitative estimate of drug-likeness (QED) is 0.0531. The average Bonchev–Trinajstić information content (AvgIpc) is 3.02. The lowest BCUT2D eigenvalue weighted by atomic mass is 9.92. The summed E-state index contributed by atoms with van der Waals surface area (Å²) in [7, 11) is 1.83. The topological polar surface area (TPSA) is 217 Å². The summed E-state index contributed by atoms with van der Waals surface area (Å²) in [5, 5.41) is 20.0. The fourth-order valence-electron chi connectivity index (χ4n) is 4.32. The van der Waals surface area contributed by atoms with Crippen LogP contribution in [0.5, 0.6) is 0 Å². The first kappa shape index (κ1) is 43.3. The van der Waals surface area contributed by atoms with Gasteiger partial charge in [0, 0.05) is 32.0 Å². The second kappa shape index (κ2) is 29.7. The Bertz CT molecular complexity index is 849. The van der Waals surface area contributed by atoms with E-state index in [4.69, 9.17) is 29.8 Å². The summed E-state index contributed by atoms with van der Waals surface area (Å²) in [5.74, 6) is -1.40. The maximum absolute atomic E-state index is 12.4. The number of unbranched alkanes of at least 4 members (excludes halogenated alkanes) is 2. The molecule has 0 aliphatic rings. The third-order valence-corrected chi connectivity index (χ3v) is 6.97. The van der Waals surface area contributed by atoms with Crippen molar-refractivity contribution in [3.05, 3.63) is 0 Å². The van der Waals surface area contributed by atoms with Crippen LogP contribution in [0, 0.1) is 5.92 Å². The SMILES string of the molecule is CCCC(C)C(=O)C(CCCCCNC(=O)COCCOCCNC(=O)COCCOCCNC(=O)CCCC(N)C(=O)O)NC. The van der Waals surface area contributed by atoms with E-state index in [1.54, 1.807) is 0 Å². The second-order valence-corrected chi connectivity index (χ2v) is 11.0. The van der Waals surface area contributed by atoms with Crippen molar-refractivity contribution in [2.24, 2.45) is 11.7 Å². The van der Waals surface area contributed by atoms with E-state index in [1.807, 2.05) is 14.0 Å². The predicted molar refractivity (Wildman–Crippen MR) is 172 cm³/mol. The van der Waals surface area contributed by atoms with Gasteiger partial charge in [-0.15, -0.1) is 0 Å². The van der Waals surface area contributed by atoms with Crippen molar-refractivity contribution in [3.8, 4) is 0 Å². The normalized spacial score (nSPS) is 13.0. The van der Waals surface area contributed by atoms with Crippen molar-refractivity contribution in [3.63, 3.8) is 0 Å². The predicted octanol–water partition coefficient (Wildman–Crippen LogP) is 0.137. The molecule has 15 nitrogen and oxygen atoms in total. The van der Waals surface area contributed by atoms with Crippen LogP contribution >= 0.6 is 0 Å². The molecule has 3 unspecified atom stereocenters. The molecule has 0 bridgehead atoms. The Morgan fingerprint density at radius 1 is 0.674 bits per heavy atom. The average molecular weight is 662 g/mol. The van der Waals surface area contributed by atoms with Gasteiger partial charge >= 0.3 is 5.97 Å². The molecule has 0 aliphatic heterocycles. The van der Waals surface area contributed by atoms with Gasteiger partial charge in [0.25, 0.3) is 0 Å². The van der Waals surface area contributed by atoms with Crippen LogP contribution in [0.1, 0.15) is 71.6 Å². The molecule has 0 radical (unpaired) electrons. The van der Waals surface area contributed by atoms with E-state index in [9.17, 15) is 24.0 Å². The van der Waals surface area contributed by atoms with Crippen molar-refractivity contribution in [2.45, 2.75) is 83.7 Å². The number of carbonyl (C=O) groups excluding carboxylic acids is 4. The van der Waals surface area contributed by atoms with E-state index >= 15 is 0 Å². The van der Waals surface area contributed by atoms with Crippen LogP contribution in [-0.4, -0.2) is 126 Å². The van der Waals surface area contributed by atoms with Gasteiger partial charge in [-0.1, -0.05) is 33.1 Å². The molecule has 3 amide bonds. The first-order valence-corrected chi connectivity index (χ1v) is 16.4. The smallest absolute Gasteiger partial charge is 0.320 e. The molecular formula is C31H59N5O10. The van der Waals surface area contributed by atoms with E-state index in [0.717, 1.165) is 38.5 Å². The van der Waals surface area contributed by atoms with Crippen LogP contribution in [0.2, 0.25) is 0 Å². The molecule has 0 saturated carbocycles. The van der Waals surface area contributed by atoms with Gasteiger partial charge < -0.3 is 51.1 Å². The minimum absolute atomic E-state index is 0.0484. The van der Waals surface area contributed by atoms with Crippen LogP contribution in [0.15, 0.2) is 0 Å². The number of carboxylic acids is 1. The lowest BCUT2D eigenvalue weighted by Gasteiger charge is -2.19. The Labute approximate surface area is 273 Å². The number of likely N-dealkylation sites (N-methyl/N-ethyl adjacent to an activating group) is 1. The first-order chi connectivity index (χ1) is 22.1. The maximum Gasteiger partial charge on any atom is 0.320 e. The number of ketones is 1. The van der Waals surface area contributed by atoms with Crippen LogP contribution in [-0.2, 0) is 42.9 Å². The molecule has 0 heterocycles. The molecule has 0 spiro atoms. The summed E-state index contributed by atoms with van der Waals surface area (Å²) in [6, 6.07) is -1.06. The number of amides is 3. The van der Waals surface area contributed by atoms with E-state index in [1.165, 1.54) is 0 Å². The standard InChI is InChI=1S/C31H59N5O10/c1-4-9-24(2)30(40)26(33-3)11-6-5-7-13-34-28(38)22-45-20-19-44-17-15-36-29(39)23-46-21-18-43-16-14-35-27(37)12-8-10-25(32)31(41)42/h24-26,33H,4-23,32H2,1-3H3,(H,34,38)(H,35,37)(H,36,39)(H,41,42). The monoisotopic (exact) mass is 661 g/mol. The Hall–Kier alpha value is -2.69. The van der Waals surface area contributed by atoms with Crippen molar-refractivity contribution in [2.75, 3.05) is 79.5 Å². The van der Waals surface area contributed by atoms with Gasteiger partial charge in [-0.2, -0.15) is 0 Å². The molecule has 0 fully saturated rings. The number of carboxylic acid groups (broad SMARTS) is 1. The van der Waals surface area contributed by atoms with E-state index in [2.05, 4.69) is 28.2 Å². The van der Waals surface area contributed by atoms with Gasteiger partial charge in [-0.05, 0) is 39.2 Å². The molecule has 268 valence electrons. The third-order valence-electron chi connectivity index (χ3n) is 6.97. The maximum atomic E-state index is 12.4. The molecule has 46 heavy (non-hydrogen) atoms. The van der Waals surface area contributed by atoms with E-state index in [0.29, 0.717) is 39.3 Å². The van der Waals surface area contributed by atoms with Crippen LogP contribution in [0.25, 0.3) is 0 Å². The zero-order valence-electron chi connectivity index (χ0n) is 28.1. The summed E-state index contributed by atoms with van der Waals surface area (Å²) in [6.07, 6.45) is 6.24. The molecule has 0 rings (SSSR count). The number of hydrogen-bond acceptors (Lipinski definition) is 11. The Kier molecular flexibility index (Phi) is 28.0. The lowest BCUT2D eigenvalue weighted by Crippen LogP contribution is -2.37. The molecule has 7 N–H and O–H groups in total. The second-order valence-electron chi connectivity index (χ2n) is 11.0. The van der Waals surface area contributed by atoms with Gasteiger partial charge in [0.2, 0.25) is 17.7 Å². The molecule has 0 aliphatic carbocycles. The number of aliphatic carboxylic acids is 1. The molecule has 0 aromatic rings. The van der Waals surface area contributed by atoms with Crippen molar-refractivity contribution in [1.29, 1.82) is 0 Å². The highest BCUT2D eigenvalue weighted by atomic mass is 16.5. The molecule has 0 aromatic heterocycles. The third kappa shape index (κ3) is 25.5. The highest BCUT2D eigenvalue weighted by Crippen LogP contribution is 2.13. The number of carbonyl (C=O) groups is 5. The molecule has 0 aromatic carbocycles. The van der Waals surface area contributed by atoms with E-state index < -0.39 is 12.0 Å². The fourth-order valence-corrected chi connectivity index (χ4v) is 4.32. The summed E-state index contributed by atoms with van der Waals surface area (Å²) < 4.78 is 21.3. The number of rotatable bonds is 32. The number of Topliss-reactive ketones (excluding diaryl/α,β-unsaturated/α-hetero) is 1. The zero-order valence-corrected chi connectivity index (χ0v) is 28.1. The summed E-state index contributed by atoms with van der Waals surface area (Å²) in [5.41, 5.74) is 5.38. The highest BCUT2D eigenvalue weighted by molar-refractivity contribution is 5.86. The van der Waals surface area contributed by atoms with Gasteiger partial charge in [0.1, 0.15) is 19.3 Å². The molecule has 3 atom stereocenters. The van der Waals surface area contributed by atoms with Crippen LogP contribution in [0.3, 0.4) is 0 Å². The number of nitrogens with two attached hydrogens (primary N) is 1. The molecular weight excluding hydrogens is 602 g/mol. The van der Waals surface area contributed by atoms with Gasteiger partial charge in [0.05, 0.1) is 45.7 Å². The minimum Gasteiger partial charge on any atom is -0.480 e. The Morgan fingerprint density at radius 3 is 1.76 bits per heavy atom. The Balaban J connectivity index is 3.52. The van der Waals surface area contributed by atoms with Crippen molar-refractivity contribution < 1.29 is 48.0 Å². The van der Waals surface area contributed by atoms with Crippen molar-refractivity contribution >= 4 is 29.5 Å². The zero-order chi connectivity index (χ0) is 34.4. The molecule has 0 saturated heterocycles. The first-order valence-electron chi connectivity index (χ1n) is 16.4. The van der Waals surface area contributed by atoms with Gasteiger partial charge in [-0.3, -0.25) is 24.0 Å². The van der Waals surface area contributed by atoms with Crippen molar-refractivity contribution in [1.82, 2.24) is 21.3 Å². The minimum atomic E-state index is -1.08. The van der Waals surface area contributed by atoms with Gasteiger partial charge in [0.15, 0.2) is 5.78 Å². The fraction of sp³-hybridized carbons (Fsp3) is 0.839. The largest absolute Gasteiger partial charge is 0.480 e. The highest BCUT2D eigenvalue weighted by Gasteiger charge is 2.21. The summed E-state index contributed by atoms with van der Waals surface area (Å²) in [4.78, 5) is 58.4. The lowest BCUT2D eigenvalue weighted by molar-refractivity contribution is -0.139. The molecule has 15 heteroatoms. The van der Waals surface area contributed by atoms with E-state index in [-0.39, 0.29) is 87.9 Å². The number of nitrogens with one attached hydrogen (secondary N) is 4.